The Kier molecular flexibility index (Phi) is 4.75. The fourth-order valence-electron chi connectivity index (χ4n) is 2.19. The Balaban J connectivity index is 1.90. The number of amides is 1. The summed E-state index contributed by atoms with van der Waals surface area (Å²) in [5, 5.41) is 10.6. The number of rotatable bonds is 5. The Morgan fingerprint density at radius 1 is 1.67 bits per heavy atom. The monoisotopic (exact) mass is 250 g/mol. The van der Waals surface area contributed by atoms with Crippen LogP contribution in [0.4, 0.5) is 0 Å². The van der Waals surface area contributed by atoms with Crippen LogP contribution < -0.4 is 10.6 Å². The minimum absolute atomic E-state index is 0.0639. The third kappa shape index (κ3) is 3.32. The number of carbonyl (C=O) groups is 1. The van der Waals surface area contributed by atoms with E-state index in [4.69, 9.17) is 0 Å². The SMILES string of the molecule is CCCCNC(=O)c1ccn(C2CCCNC2)n1. The van der Waals surface area contributed by atoms with Gasteiger partial charge in [0.25, 0.3) is 5.91 Å². The summed E-state index contributed by atoms with van der Waals surface area (Å²) in [5.74, 6) is -0.0639. The van der Waals surface area contributed by atoms with E-state index < -0.39 is 0 Å². The molecule has 5 nitrogen and oxygen atoms in total. The molecule has 0 bridgehead atoms. The van der Waals surface area contributed by atoms with E-state index in [1.165, 1.54) is 6.42 Å². The molecule has 0 spiro atoms. The van der Waals surface area contributed by atoms with Crippen molar-refractivity contribution in [2.45, 2.75) is 38.6 Å². The summed E-state index contributed by atoms with van der Waals surface area (Å²) in [5.41, 5.74) is 0.525. The normalized spacial score (nSPS) is 19.7. The Hall–Kier alpha value is -1.36. The molecule has 1 unspecified atom stereocenters. The molecule has 100 valence electrons. The number of unbranched alkanes of at least 4 members (excludes halogenated alkanes) is 1. The van der Waals surface area contributed by atoms with Crippen molar-refractivity contribution in [3.63, 3.8) is 0 Å². The standard InChI is InChI=1S/C13H22N4O/c1-2-3-8-15-13(18)12-6-9-17(16-12)11-5-4-7-14-10-11/h6,9,11,14H,2-5,7-8,10H2,1H3,(H,15,18). The summed E-state index contributed by atoms with van der Waals surface area (Å²) in [6, 6.07) is 2.19. The molecular weight excluding hydrogens is 228 g/mol. The predicted molar refractivity (Wildman–Crippen MR) is 70.6 cm³/mol. The van der Waals surface area contributed by atoms with Gasteiger partial charge in [-0.1, -0.05) is 13.3 Å². The number of aromatic nitrogens is 2. The minimum atomic E-state index is -0.0639. The minimum Gasteiger partial charge on any atom is -0.351 e. The molecule has 1 aromatic rings. The summed E-state index contributed by atoms with van der Waals surface area (Å²) in [4.78, 5) is 11.8. The maximum atomic E-state index is 11.8. The van der Waals surface area contributed by atoms with E-state index in [0.717, 1.165) is 38.9 Å². The molecule has 1 aliphatic heterocycles. The molecule has 1 amide bonds. The van der Waals surface area contributed by atoms with E-state index in [1.807, 2.05) is 10.9 Å². The van der Waals surface area contributed by atoms with Crippen molar-refractivity contribution in [2.24, 2.45) is 0 Å². The van der Waals surface area contributed by atoms with Crippen LogP contribution in [0.15, 0.2) is 12.3 Å². The van der Waals surface area contributed by atoms with Crippen LogP contribution in [-0.4, -0.2) is 35.3 Å². The van der Waals surface area contributed by atoms with Crippen LogP contribution in [0.3, 0.4) is 0 Å². The maximum absolute atomic E-state index is 11.8. The van der Waals surface area contributed by atoms with E-state index in [-0.39, 0.29) is 5.91 Å². The first kappa shape index (κ1) is 13.1. The van der Waals surface area contributed by atoms with Gasteiger partial charge in [-0.3, -0.25) is 9.48 Å². The largest absolute Gasteiger partial charge is 0.351 e. The lowest BCUT2D eigenvalue weighted by atomic mass is 10.1. The molecule has 2 heterocycles. The third-order valence-corrected chi connectivity index (χ3v) is 3.30. The van der Waals surface area contributed by atoms with Crippen LogP contribution in [0.1, 0.15) is 49.1 Å². The molecule has 2 N–H and O–H groups in total. The van der Waals surface area contributed by atoms with Crippen LogP contribution >= 0.6 is 0 Å². The van der Waals surface area contributed by atoms with Crippen molar-refractivity contribution in [3.8, 4) is 0 Å². The van der Waals surface area contributed by atoms with E-state index in [0.29, 0.717) is 11.7 Å². The second kappa shape index (κ2) is 6.54. The lowest BCUT2D eigenvalue weighted by Gasteiger charge is -2.22. The average Bonchev–Trinajstić information content (AvgIpc) is 2.89. The summed E-state index contributed by atoms with van der Waals surface area (Å²) in [7, 11) is 0. The number of carbonyl (C=O) groups excluding carboxylic acids is 1. The second-order valence-corrected chi connectivity index (χ2v) is 4.79. The summed E-state index contributed by atoms with van der Waals surface area (Å²) >= 11 is 0. The van der Waals surface area contributed by atoms with Gasteiger partial charge in [0, 0.05) is 19.3 Å². The summed E-state index contributed by atoms with van der Waals surface area (Å²) in [6.07, 6.45) is 6.31. The summed E-state index contributed by atoms with van der Waals surface area (Å²) in [6.45, 7) is 4.87. The Morgan fingerprint density at radius 2 is 2.56 bits per heavy atom. The number of hydrogen-bond acceptors (Lipinski definition) is 3. The highest BCUT2D eigenvalue weighted by Crippen LogP contribution is 2.15. The quantitative estimate of drug-likeness (QED) is 0.775. The van der Waals surface area contributed by atoms with Gasteiger partial charge in [0.05, 0.1) is 6.04 Å². The molecule has 1 atom stereocenters. The van der Waals surface area contributed by atoms with E-state index >= 15 is 0 Å². The lowest BCUT2D eigenvalue weighted by molar-refractivity contribution is 0.0947. The zero-order chi connectivity index (χ0) is 12.8. The van der Waals surface area contributed by atoms with Crippen LogP contribution in [0.5, 0.6) is 0 Å². The van der Waals surface area contributed by atoms with Crippen molar-refractivity contribution >= 4 is 5.91 Å². The molecular formula is C13H22N4O. The van der Waals surface area contributed by atoms with Gasteiger partial charge >= 0.3 is 0 Å². The fourth-order valence-corrected chi connectivity index (χ4v) is 2.19. The first-order valence-corrected chi connectivity index (χ1v) is 6.85. The van der Waals surface area contributed by atoms with Gasteiger partial charge in [0.1, 0.15) is 5.69 Å². The number of nitrogens with zero attached hydrogens (tertiary/aromatic N) is 2. The highest BCUT2D eigenvalue weighted by atomic mass is 16.1. The van der Waals surface area contributed by atoms with Crippen molar-refractivity contribution < 1.29 is 4.79 Å². The van der Waals surface area contributed by atoms with Gasteiger partial charge in [-0.2, -0.15) is 5.10 Å². The van der Waals surface area contributed by atoms with E-state index in [9.17, 15) is 4.79 Å². The first-order valence-electron chi connectivity index (χ1n) is 6.85. The van der Waals surface area contributed by atoms with Crippen molar-refractivity contribution in [2.75, 3.05) is 19.6 Å². The zero-order valence-corrected chi connectivity index (χ0v) is 11.0. The second-order valence-electron chi connectivity index (χ2n) is 4.79. The lowest BCUT2D eigenvalue weighted by Crippen LogP contribution is -2.32. The Labute approximate surface area is 108 Å². The van der Waals surface area contributed by atoms with Gasteiger partial charge in [0.15, 0.2) is 0 Å². The van der Waals surface area contributed by atoms with Crippen molar-refractivity contribution in [1.29, 1.82) is 0 Å². The average molecular weight is 250 g/mol. The molecule has 2 rings (SSSR count). The smallest absolute Gasteiger partial charge is 0.271 e. The van der Waals surface area contributed by atoms with Crippen molar-refractivity contribution in [1.82, 2.24) is 20.4 Å². The molecule has 0 radical (unpaired) electrons. The predicted octanol–water partition coefficient (Wildman–Crippen LogP) is 1.34. The molecule has 18 heavy (non-hydrogen) atoms. The molecule has 1 saturated heterocycles. The summed E-state index contributed by atoms with van der Waals surface area (Å²) < 4.78 is 1.92. The van der Waals surface area contributed by atoms with E-state index in [2.05, 4.69) is 22.7 Å². The first-order chi connectivity index (χ1) is 8.81. The third-order valence-electron chi connectivity index (χ3n) is 3.30. The molecule has 0 aliphatic carbocycles. The van der Waals surface area contributed by atoms with Crippen molar-refractivity contribution in [3.05, 3.63) is 18.0 Å². The van der Waals surface area contributed by atoms with Crippen LogP contribution in [0.25, 0.3) is 0 Å². The van der Waals surface area contributed by atoms with Gasteiger partial charge in [-0.15, -0.1) is 0 Å². The van der Waals surface area contributed by atoms with Crippen LogP contribution in [0.2, 0.25) is 0 Å². The van der Waals surface area contributed by atoms with Gasteiger partial charge in [-0.05, 0) is 31.9 Å². The molecule has 1 aliphatic rings. The Morgan fingerprint density at radius 3 is 3.28 bits per heavy atom. The zero-order valence-electron chi connectivity index (χ0n) is 11.0. The van der Waals surface area contributed by atoms with Gasteiger partial charge in [-0.25, -0.2) is 0 Å². The fraction of sp³-hybridized carbons (Fsp3) is 0.692. The number of hydrogen-bond donors (Lipinski definition) is 2. The maximum Gasteiger partial charge on any atom is 0.271 e. The highest BCUT2D eigenvalue weighted by Gasteiger charge is 2.17. The molecule has 5 heteroatoms. The van der Waals surface area contributed by atoms with Gasteiger partial charge < -0.3 is 10.6 Å². The molecule has 0 saturated carbocycles. The van der Waals surface area contributed by atoms with Gasteiger partial charge in [0.2, 0.25) is 0 Å². The highest BCUT2D eigenvalue weighted by molar-refractivity contribution is 5.92. The number of nitrogens with one attached hydrogen (secondary N) is 2. The van der Waals surface area contributed by atoms with Crippen LogP contribution in [0, 0.1) is 0 Å². The number of piperidine rings is 1. The molecule has 1 fully saturated rings. The topological polar surface area (TPSA) is 59.0 Å². The van der Waals surface area contributed by atoms with Crippen LogP contribution in [-0.2, 0) is 0 Å². The molecule has 1 aromatic heterocycles. The van der Waals surface area contributed by atoms with E-state index in [1.54, 1.807) is 6.07 Å². The Bertz CT molecular complexity index is 382. The molecule has 0 aromatic carbocycles.